The van der Waals surface area contributed by atoms with Crippen LogP contribution in [0.3, 0.4) is 0 Å². The molecule has 16 heavy (non-hydrogen) atoms. The van der Waals surface area contributed by atoms with Crippen LogP contribution in [0, 0.1) is 0 Å². The van der Waals surface area contributed by atoms with E-state index < -0.39 is 5.91 Å². The Bertz CT molecular complexity index is 445. The van der Waals surface area contributed by atoms with Crippen LogP contribution >= 0.6 is 11.6 Å². The van der Waals surface area contributed by atoms with Crippen molar-refractivity contribution in [2.75, 3.05) is 13.7 Å². The summed E-state index contributed by atoms with van der Waals surface area (Å²) in [5.41, 5.74) is 6.47. The van der Waals surface area contributed by atoms with Crippen LogP contribution in [-0.2, 0) is 6.42 Å². The Morgan fingerprint density at radius 1 is 1.62 bits per heavy atom. The molecule has 0 unspecified atom stereocenters. The number of rotatable bonds is 2. The van der Waals surface area contributed by atoms with Gasteiger partial charge in [-0.2, -0.15) is 0 Å². The molecule has 2 N–H and O–H groups in total. The number of primary amides is 1. The summed E-state index contributed by atoms with van der Waals surface area (Å²) < 4.78 is 10.6. The topological polar surface area (TPSA) is 61.5 Å². The van der Waals surface area contributed by atoms with Gasteiger partial charge in [-0.05, 0) is 24.5 Å². The van der Waals surface area contributed by atoms with Crippen molar-refractivity contribution < 1.29 is 14.3 Å². The van der Waals surface area contributed by atoms with E-state index in [4.69, 9.17) is 26.8 Å². The van der Waals surface area contributed by atoms with Crippen molar-refractivity contribution in [3.8, 4) is 11.5 Å². The standard InChI is InChI=1S/C11H12ClNO3/c1-15-10-7(12)5-6-3-2-4-16-9(6)8(10)11(13)14/h5H,2-4H2,1H3,(H2,13,14). The minimum absolute atomic E-state index is 0.240. The molecule has 1 aliphatic heterocycles. The van der Waals surface area contributed by atoms with Crippen molar-refractivity contribution in [3.63, 3.8) is 0 Å². The van der Waals surface area contributed by atoms with Gasteiger partial charge in [-0.15, -0.1) is 0 Å². The van der Waals surface area contributed by atoms with Crippen molar-refractivity contribution in [1.29, 1.82) is 0 Å². The van der Waals surface area contributed by atoms with Gasteiger partial charge in [-0.3, -0.25) is 4.79 Å². The number of hydrogen-bond acceptors (Lipinski definition) is 3. The monoisotopic (exact) mass is 241 g/mol. The summed E-state index contributed by atoms with van der Waals surface area (Å²) in [6.07, 6.45) is 1.74. The van der Waals surface area contributed by atoms with Crippen LogP contribution in [0.2, 0.25) is 5.02 Å². The predicted molar refractivity (Wildman–Crippen MR) is 60.3 cm³/mol. The molecule has 1 aromatic carbocycles. The van der Waals surface area contributed by atoms with E-state index in [9.17, 15) is 4.79 Å². The van der Waals surface area contributed by atoms with Crippen LogP contribution in [-0.4, -0.2) is 19.6 Å². The van der Waals surface area contributed by atoms with Crippen molar-refractivity contribution in [2.45, 2.75) is 12.8 Å². The van der Waals surface area contributed by atoms with Gasteiger partial charge in [0.2, 0.25) is 0 Å². The Hall–Kier alpha value is -1.42. The molecule has 0 aromatic heterocycles. The molecule has 0 atom stereocenters. The van der Waals surface area contributed by atoms with Crippen LogP contribution in [0.25, 0.3) is 0 Å². The van der Waals surface area contributed by atoms with Gasteiger partial charge in [0, 0.05) is 0 Å². The van der Waals surface area contributed by atoms with Gasteiger partial charge >= 0.3 is 0 Å². The van der Waals surface area contributed by atoms with E-state index in [0.717, 1.165) is 18.4 Å². The zero-order valence-corrected chi connectivity index (χ0v) is 9.63. The van der Waals surface area contributed by atoms with E-state index >= 15 is 0 Å². The maximum atomic E-state index is 11.4. The molecule has 0 saturated heterocycles. The Morgan fingerprint density at radius 3 is 3.00 bits per heavy atom. The van der Waals surface area contributed by atoms with Crippen LogP contribution in [0.1, 0.15) is 22.3 Å². The van der Waals surface area contributed by atoms with Gasteiger partial charge in [0.05, 0.1) is 18.7 Å². The largest absolute Gasteiger partial charge is 0.494 e. The molecule has 1 aliphatic rings. The fraction of sp³-hybridized carbons (Fsp3) is 0.364. The summed E-state index contributed by atoms with van der Waals surface area (Å²) in [6.45, 7) is 0.581. The lowest BCUT2D eigenvalue weighted by Gasteiger charge is -2.21. The van der Waals surface area contributed by atoms with Gasteiger partial charge in [-0.1, -0.05) is 11.6 Å². The molecule has 4 nitrogen and oxygen atoms in total. The normalized spacial score (nSPS) is 13.9. The second-order valence-electron chi connectivity index (χ2n) is 3.57. The number of nitrogens with two attached hydrogens (primary N) is 1. The number of amides is 1. The summed E-state index contributed by atoms with van der Waals surface area (Å²) in [6, 6.07) is 1.77. The van der Waals surface area contributed by atoms with Crippen LogP contribution in [0.5, 0.6) is 11.5 Å². The maximum Gasteiger partial charge on any atom is 0.256 e. The summed E-state index contributed by atoms with van der Waals surface area (Å²) in [5.74, 6) is 0.215. The number of benzene rings is 1. The molecule has 0 bridgehead atoms. The quantitative estimate of drug-likeness (QED) is 0.859. The first-order chi connectivity index (χ1) is 7.65. The lowest BCUT2D eigenvalue weighted by molar-refractivity contribution is 0.0992. The van der Waals surface area contributed by atoms with E-state index in [-0.39, 0.29) is 11.3 Å². The Balaban J connectivity index is 2.68. The second-order valence-corrected chi connectivity index (χ2v) is 3.98. The number of aryl methyl sites for hydroxylation is 1. The highest BCUT2D eigenvalue weighted by Gasteiger charge is 2.25. The average Bonchev–Trinajstić information content (AvgIpc) is 2.26. The van der Waals surface area contributed by atoms with E-state index in [1.54, 1.807) is 6.07 Å². The number of fused-ring (bicyclic) bond motifs is 1. The molecule has 0 radical (unpaired) electrons. The minimum Gasteiger partial charge on any atom is -0.494 e. The minimum atomic E-state index is -0.586. The molecule has 0 spiro atoms. The number of ether oxygens (including phenoxy) is 2. The molecule has 86 valence electrons. The van der Waals surface area contributed by atoms with Gasteiger partial charge in [-0.25, -0.2) is 0 Å². The summed E-state index contributed by atoms with van der Waals surface area (Å²) in [7, 11) is 1.45. The van der Waals surface area contributed by atoms with Crippen LogP contribution in [0.4, 0.5) is 0 Å². The molecule has 5 heteroatoms. The summed E-state index contributed by atoms with van der Waals surface area (Å²) >= 11 is 6.02. The summed E-state index contributed by atoms with van der Waals surface area (Å²) in [5, 5.41) is 0.389. The highest BCUT2D eigenvalue weighted by molar-refractivity contribution is 6.33. The van der Waals surface area contributed by atoms with Gasteiger partial charge < -0.3 is 15.2 Å². The molecule has 0 aliphatic carbocycles. The lowest BCUT2D eigenvalue weighted by Crippen LogP contribution is -2.19. The third kappa shape index (κ3) is 1.69. The molecular weight excluding hydrogens is 230 g/mol. The second kappa shape index (κ2) is 4.22. The molecular formula is C11H12ClNO3. The highest BCUT2D eigenvalue weighted by Crippen LogP contribution is 2.40. The molecule has 1 heterocycles. The highest BCUT2D eigenvalue weighted by atomic mass is 35.5. The molecule has 1 amide bonds. The summed E-state index contributed by atoms with van der Waals surface area (Å²) in [4.78, 5) is 11.4. The van der Waals surface area contributed by atoms with Gasteiger partial charge in [0.1, 0.15) is 11.3 Å². The van der Waals surface area contributed by atoms with Crippen LogP contribution < -0.4 is 15.2 Å². The fourth-order valence-electron chi connectivity index (χ4n) is 1.88. The Kier molecular flexibility index (Phi) is 2.92. The number of hydrogen-bond donors (Lipinski definition) is 1. The van der Waals surface area contributed by atoms with E-state index in [1.807, 2.05) is 0 Å². The van der Waals surface area contributed by atoms with Crippen LogP contribution in [0.15, 0.2) is 6.07 Å². The third-order valence-corrected chi connectivity index (χ3v) is 2.83. The predicted octanol–water partition coefficient (Wildman–Crippen LogP) is 1.77. The van der Waals surface area contributed by atoms with Gasteiger partial charge in [0.15, 0.2) is 5.75 Å². The lowest BCUT2D eigenvalue weighted by atomic mass is 10.0. The van der Waals surface area contributed by atoms with Crippen molar-refractivity contribution in [2.24, 2.45) is 5.73 Å². The van der Waals surface area contributed by atoms with E-state index in [2.05, 4.69) is 0 Å². The number of halogens is 1. The smallest absolute Gasteiger partial charge is 0.256 e. The zero-order valence-electron chi connectivity index (χ0n) is 8.88. The van der Waals surface area contributed by atoms with Crippen molar-refractivity contribution >= 4 is 17.5 Å². The SMILES string of the molecule is COc1c(Cl)cc2c(c1C(N)=O)OCCC2. The number of carbonyl (C=O) groups is 1. The Morgan fingerprint density at radius 2 is 2.38 bits per heavy atom. The fourth-order valence-corrected chi connectivity index (χ4v) is 2.18. The first-order valence-electron chi connectivity index (χ1n) is 4.97. The first kappa shape index (κ1) is 11.1. The number of carbonyl (C=O) groups excluding carboxylic acids is 1. The molecule has 1 aromatic rings. The van der Waals surface area contributed by atoms with E-state index in [1.165, 1.54) is 7.11 Å². The van der Waals surface area contributed by atoms with E-state index in [0.29, 0.717) is 17.4 Å². The molecule has 2 rings (SSSR count). The zero-order chi connectivity index (χ0) is 11.7. The van der Waals surface area contributed by atoms with Crippen molar-refractivity contribution in [3.05, 3.63) is 22.2 Å². The third-order valence-electron chi connectivity index (χ3n) is 2.55. The maximum absolute atomic E-state index is 11.4. The first-order valence-corrected chi connectivity index (χ1v) is 5.35. The average molecular weight is 242 g/mol. The Labute approximate surface area is 98.3 Å². The molecule has 0 saturated carbocycles. The number of methoxy groups -OCH3 is 1. The van der Waals surface area contributed by atoms with Gasteiger partial charge in [0.25, 0.3) is 5.91 Å². The molecule has 0 fully saturated rings. The van der Waals surface area contributed by atoms with Crippen molar-refractivity contribution in [1.82, 2.24) is 0 Å².